The first kappa shape index (κ1) is 18.5. The minimum absolute atomic E-state index is 0.150. The van der Waals surface area contributed by atoms with Gasteiger partial charge in [0.15, 0.2) is 17.0 Å². The second-order valence-corrected chi connectivity index (χ2v) is 7.38. The third-order valence-corrected chi connectivity index (χ3v) is 5.24. The third-order valence-electron chi connectivity index (χ3n) is 5.24. The average molecular weight is 415 g/mol. The van der Waals surface area contributed by atoms with Gasteiger partial charge in [0.05, 0.1) is 5.69 Å². The smallest absolute Gasteiger partial charge is 0.339 e. The molecule has 1 saturated carbocycles. The van der Waals surface area contributed by atoms with E-state index in [1.54, 1.807) is 40.4 Å². The van der Waals surface area contributed by atoms with Crippen molar-refractivity contribution in [1.82, 2.24) is 34.3 Å². The van der Waals surface area contributed by atoms with Crippen molar-refractivity contribution in [2.24, 2.45) is 5.92 Å². The fourth-order valence-electron chi connectivity index (χ4n) is 3.58. The standard InChI is InChI=1S/C19H16F3N7O/c1-10-7-13(12-3-2-6-28-9-24-27-16(12)28)25-17-14(23-8-29(10)17)18(30)26-15(11-4-5-11)19(20,21)22/h2-3,6-9,11,15H,4-5H2,1H3,(H,26,30). The molecule has 5 rings (SSSR count). The Morgan fingerprint density at radius 3 is 2.80 bits per heavy atom. The third kappa shape index (κ3) is 3.06. The molecule has 30 heavy (non-hydrogen) atoms. The van der Waals surface area contributed by atoms with E-state index in [-0.39, 0.29) is 11.3 Å². The number of nitrogens with zero attached hydrogens (tertiary/aromatic N) is 6. The van der Waals surface area contributed by atoms with E-state index in [0.717, 1.165) is 5.69 Å². The van der Waals surface area contributed by atoms with E-state index in [2.05, 4.69) is 25.5 Å². The monoisotopic (exact) mass is 415 g/mol. The van der Waals surface area contributed by atoms with E-state index in [1.165, 1.54) is 6.33 Å². The first-order valence-corrected chi connectivity index (χ1v) is 9.34. The van der Waals surface area contributed by atoms with Gasteiger partial charge in [-0.05, 0) is 43.9 Å². The molecular formula is C19H16F3N7O. The molecule has 0 saturated heterocycles. The lowest BCUT2D eigenvalue weighted by atomic mass is 10.1. The predicted octanol–water partition coefficient (Wildman–Crippen LogP) is 2.82. The molecule has 1 aliphatic carbocycles. The average Bonchev–Trinajstić information content (AvgIpc) is 3.23. The van der Waals surface area contributed by atoms with Gasteiger partial charge in [0.2, 0.25) is 0 Å². The lowest BCUT2D eigenvalue weighted by Crippen LogP contribution is -2.47. The van der Waals surface area contributed by atoms with Crippen molar-refractivity contribution < 1.29 is 18.0 Å². The number of carbonyl (C=O) groups is 1. The highest BCUT2D eigenvalue weighted by Gasteiger charge is 2.50. The van der Waals surface area contributed by atoms with Gasteiger partial charge in [-0.25, -0.2) is 9.97 Å². The Labute approximate surface area is 167 Å². The summed E-state index contributed by atoms with van der Waals surface area (Å²) in [5, 5.41) is 10.1. The minimum atomic E-state index is -4.51. The van der Waals surface area contributed by atoms with E-state index < -0.39 is 24.0 Å². The molecule has 0 bridgehead atoms. The zero-order valence-corrected chi connectivity index (χ0v) is 15.8. The summed E-state index contributed by atoms with van der Waals surface area (Å²) < 4.78 is 43.3. The Balaban J connectivity index is 1.57. The highest BCUT2D eigenvalue weighted by Crippen LogP contribution is 2.40. The molecule has 1 atom stereocenters. The lowest BCUT2D eigenvalue weighted by Gasteiger charge is -2.20. The van der Waals surface area contributed by atoms with Crippen LogP contribution in [0.1, 0.15) is 29.0 Å². The number of imidazole rings is 1. The number of nitrogens with one attached hydrogen (secondary N) is 1. The number of rotatable bonds is 4. The quantitative estimate of drug-likeness (QED) is 0.554. The molecular weight excluding hydrogens is 399 g/mol. The van der Waals surface area contributed by atoms with Crippen LogP contribution in [0.4, 0.5) is 13.2 Å². The first-order chi connectivity index (χ1) is 14.3. The Hall–Kier alpha value is -3.50. The summed E-state index contributed by atoms with van der Waals surface area (Å²) in [6.07, 6.45) is 1.10. The summed E-state index contributed by atoms with van der Waals surface area (Å²) in [5.41, 5.74) is 2.52. The number of amides is 1. The van der Waals surface area contributed by atoms with Crippen molar-refractivity contribution in [3.63, 3.8) is 0 Å². The predicted molar refractivity (Wildman–Crippen MR) is 99.7 cm³/mol. The van der Waals surface area contributed by atoms with E-state index in [4.69, 9.17) is 0 Å². The number of halogens is 3. The number of fused-ring (bicyclic) bond motifs is 2. The van der Waals surface area contributed by atoms with Gasteiger partial charge in [0, 0.05) is 17.5 Å². The highest BCUT2D eigenvalue weighted by molar-refractivity contribution is 5.98. The number of aryl methyl sites for hydroxylation is 1. The van der Waals surface area contributed by atoms with Crippen LogP contribution in [-0.2, 0) is 0 Å². The van der Waals surface area contributed by atoms with Gasteiger partial charge in [-0.3, -0.25) is 13.6 Å². The van der Waals surface area contributed by atoms with Crippen molar-refractivity contribution in [3.8, 4) is 11.3 Å². The van der Waals surface area contributed by atoms with E-state index >= 15 is 0 Å². The van der Waals surface area contributed by atoms with Crippen LogP contribution in [-0.4, -0.2) is 47.1 Å². The van der Waals surface area contributed by atoms with Gasteiger partial charge in [-0.2, -0.15) is 13.2 Å². The molecule has 4 aromatic heterocycles. The molecule has 4 aromatic rings. The zero-order valence-electron chi connectivity index (χ0n) is 15.8. The van der Waals surface area contributed by atoms with E-state index in [0.29, 0.717) is 29.7 Å². The van der Waals surface area contributed by atoms with Gasteiger partial charge in [-0.1, -0.05) is 0 Å². The van der Waals surface area contributed by atoms with Gasteiger partial charge in [0.1, 0.15) is 18.7 Å². The van der Waals surface area contributed by atoms with Gasteiger partial charge < -0.3 is 5.32 Å². The topological polar surface area (TPSA) is 89.5 Å². The number of aromatic nitrogens is 6. The summed E-state index contributed by atoms with van der Waals surface area (Å²) in [4.78, 5) is 21.3. The summed E-state index contributed by atoms with van der Waals surface area (Å²) in [6.45, 7) is 1.80. The molecule has 0 spiro atoms. The molecule has 1 N–H and O–H groups in total. The van der Waals surface area contributed by atoms with Gasteiger partial charge in [-0.15, -0.1) is 10.2 Å². The maximum absolute atomic E-state index is 13.3. The van der Waals surface area contributed by atoms with Crippen LogP contribution in [0.25, 0.3) is 22.6 Å². The molecule has 8 nitrogen and oxygen atoms in total. The van der Waals surface area contributed by atoms with Crippen LogP contribution in [0, 0.1) is 12.8 Å². The van der Waals surface area contributed by atoms with Crippen LogP contribution in [0.3, 0.4) is 0 Å². The highest BCUT2D eigenvalue weighted by atomic mass is 19.4. The van der Waals surface area contributed by atoms with E-state index in [1.807, 2.05) is 6.07 Å². The number of hydrogen-bond acceptors (Lipinski definition) is 5. The number of alkyl halides is 3. The molecule has 0 aromatic carbocycles. The van der Waals surface area contributed by atoms with Crippen LogP contribution < -0.4 is 5.32 Å². The molecule has 1 unspecified atom stereocenters. The Morgan fingerprint density at radius 2 is 2.07 bits per heavy atom. The fraction of sp³-hybridized carbons (Fsp3) is 0.316. The van der Waals surface area contributed by atoms with E-state index in [9.17, 15) is 18.0 Å². The molecule has 0 radical (unpaired) electrons. The van der Waals surface area contributed by atoms with Crippen molar-refractivity contribution in [1.29, 1.82) is 0 Å². The Bertz CT molecular complexity index is 1270. The minimum Gasteiger partial charge on any atom is -0.339 e. The molecule has 1 fully saturated rings. The van der Waals surface area contributed by atoms with Crippen molar-refractivity contribution in [3.05, 3.63) is 48.4 Å². The zero-order chi connectivity index (χ0) is 21.0. The Morgan fingerprint density at radius 1 is 1.27 bits per heavy atom. The normalized spacial score (nSPS) is 15.6. The van der Waals surface area contributed by atoms with Crippen molar-refractivity contribution in [2.45, 2.75) is 32.0 Å². The van der Waals surface area contributed by atoms with Crippen LogP contribution in [0.15, 0.2) is 37.1 Å². The Kier molecular flexibility index (Phi) is 4.02. The first-order valence-electron chi connectivity index (χ1n) is 9.34. The van der Waals surface area contributed by atoms with Crippen LogP contribution in [0.2, 0.25) is 0 Å². The maximum atomic E-state index is 13.3. The fourth-order valence-corrected chi connectivity index (χ4v) is 3.58. The number of pyridine rings is 1. The van der Waals surface area contributed by atoms with Crippen molar-refractivity contribution >= 4 is 17.2 Å². The largest absolute Gasteiger partial charge is 0.408 e. The maximum Gasteiger partial charge on any atom is 0.408 e. The molecule has 154 valence electrons. The lowest BCUT2D eigenvalue weighted by molar-refractivity contribution is -0.158. The molecule has 1 amide bonds. The second-order valence-electron chi connectivity index (χ2n) is 7.38. The molecule has 1 aliphatic rings. The van der Waals surface area contributed by atoms with Crippen LogP contribution in [0.5, 0.6) is 0 Å². The van der Waals surface area contributed by atoms with Crippen LogP contribution >= 0.6 is 0 Å². The van der Waals surface area contributed by atoms with Gasteiger partial charge >= 0.3 is 6.18 Å². The number of hydrogen-bond donors (Lipinski definition) is 1. The molecule has 11 heteroatoms. The number of carbonyl (C=O) groups excluding carboxylic acids is 1. The van der Waals surface area contributed by atoms with Crippen molar-refractivity contribution in [2.75, 3.05) is 0 Å². The molecule has 4 heterocycles. The van der Waals surface area contributed by atoms with Gasteiger partial charge in [0.25, 0.3) is 5.91 Å². The summed E-state index contributed by atoms with van der Waals surface area (Å²) >= 11 is 0. The SMILES string of the molecule is Cc1cc(-c2cccn3cnnc23)nc2c(C(=O)NC(C3CC3)C(F)(F)F)ncn12. The summed E-state index contributed by atoms with van der Waals surface area (Å²) in [5.74, 6) is -1.48. The molecule has 0 aliphatic heterocycles. The summed E-state index contributed by atoms with van der Waals surface area (Å²) in [7, 11) is 0. The summed E-state index contributed by atoms with van der Waals surface area (Å²) in [6, 6.07) is 3.53. The second kappa shape index (κ2) is 6.51.